The maximum absolute atomic E-state index is 11.1. The van der Waals surface area contributed by atoms with E-state index < -0.39 is 14.1 Å². The Hall–Kier alpha value is -0.610. The van der Waals surface area contributed by atoms with Gasteiger partial charge in [-0.05, 0) is 0 Å². The molecule has 0 saturated carbocycles. The Bertz CT molecular complexity index is 135. The fourth-order valence-corrected chi connectivity index (χ4v) is 0.289. The van der Waals surface area contributed by atoms with E-state index in [0.717, 1.165) is 0 Å². The summed E-state index contributed by atoms with van der Waals surface area (Å²) >= 11 is 0. The summed E-state index contributed by atoms with van der Waals surface area (Å²) in [6.07, 6.45) is -2.11. The lowest BCUT2D eigenvalue weighted by Gasteiger charge is -1.94. The van der Waals surface area contributed by atoms with Crippen LogP contribution < -0.4 is 0 Å². The molecule has 0 rings (SSSR count). The van der Waals surface area contributed by atoms with Gasteiger partial charge in [0.1, 0.15) is 0 Å². The summed E-state index contributed by atoms with van der Waals surface area (Å²) in [6.45, 7) is 0. The number of carbonyl (C=O) groups is 1. The van der Waals surface area contributed by atoms with E-state index in [9.17, 15) is 13.6 Å². The topological polar surface area (TPSA) is 83.8 Å². The molecule has 7 heteroatoms. The molecule has 0 aliphatic carbocycles. The van der Waals surface area contributed by atoms with Gasteiger partial charge in [-0.3, -0.25) is 4.89 Å². The summed E-state index contributed by atoms with van der Waals surface area (Å²) < 4.78 is 23.3. The Labute approximate surface area is 43.4 Å². The van der Waals surface area contributed by atoms with Gasteiger partial charge in [0.25, 0.3) is 0 Å². The van der Waals surface area contributed by atoms with Crippen molar-refractivity contribution in [2.24, 2.45) is 0 Å². The highest BCUT2D eigenvalue weighted by molar-refractivity contribution is 7.47. The predicted octanol–water partition coefficient (Wildman–Crippen LogP) is 0.751. The fraction of sp³-hybridized carbons (Fsp3) is 0. The molecule has 0 heterocycles. The highest BCUT2D eigenvalue weighted by atomic mass is 31.2. The van der Waals surface area contributed by atoms with Crippen LogP contribution in [0.25, 0.3) is 0 Å². The lowest BCUT2D eigenvalue weighted by atomic mass is 11.5. The normalized spacial score (nSPS) is 16.8. The molecular formula is CH2FO5P. The molecule has 0 saturated heterocycles. The summed E-state index contributed by atoms with van der Waals surface area (Å²) in [6, 6.07) is 0. The number of hydrogen-bond donors (Lipinski definition) is 2. The van der Waals surface area contributed by atoms with Crippen molar-refractivity contribution in [3.8, 4) is 0 Å². The van der Waals surface area contributed by atoms with Crippen molar-refractivity contribution in [1.82, 2.24) is 0 Å². The van der Waals surface area contributed by atoms with Crippen LogP contribution >= 0.6 is 7.91 Å². The first-order valence-electron chi connectivity index (χ1n) is 1.37. The quantitative estimate of drug-likeness (QED) is 0.530. The van der Waals surface area contributed by atoms with E-state index in [-0.39, 0.29) is 0 Å². The minimum atomic E-state index is -5.32. The average molecular weight is 144 g/mol. The highest BCUT2D eigenvalue weighted by Gasteiger charge is 2.21. The molecule has 0 bridgehead atoms. The molecule has 5 nitrogen and oxygen atoms in total. The van der Waals surface area contributed by atoms with Crippen LogP contribution in [0.2, 0.25) is 0 Å². The highest BCUT2D eigenvalue weighted by Crippen LogP contribution is 2.43. The summed E-state index contributed by atoms with van der Waals surface area (Å²) in [7, 11) is -5.32. The van der Waals surface area contributed by atoms with Gasteiger partial charge in [-0.1, -0.05) is 0 Å². The summed E-state index contributed by atoms with van der Waals surface area (Å²) in [5, 5.41) is 7.45. The first-order chi connectivity index (χ1) is 3.42. The first-order valence-corrected chi connectivity index (χ1v) is 2.83. The number of carboxylic acid groups (broad SMARTS) is 1. The zero-order chi connectivity index (χ0) is 6.78. The van der Waals surface area contributed by atoms with Gasteiger partial charge >= 0.3 is 14.1 Å². The van der Waals surface area contributed by atoms with E-state index >= 15 is 0 Å². The summed E-state index contributed by atoms with van der Waals surface area (Å²) in [5.74, 6) is 0. The van der Waals surface area contributed by atoms with E-state index in [1.165, 1.54) is 0 Å². The van der Waals surface area contributed by atoms with E-state index in [4.69, 9.17) is 10.00 Å². The van der Waals surface area contributed by atoms with E-state index in [1.54, 1.807) is 0 Å². The number of hydrogen-bond acceptors (Lipinski definition) is 3. The fourth-order valence-electron chi connectivity index (χ4n) is 0.0963. The predicted molar refractivity (Wildman–Crippen MR) is 20.0 cm³/mol. The van der Waals surface area contributed by atoms with Gasteiger partial charge in [0.05, 0.1) is 0 Å². The monoisotopic (exact) mass is 144 g/mol. The third kappa shape index (κ3) is 5.39. The second-order valence-corrected chi connectivity index (χ2v) is 1.89. The molecule has 2 N–H and O–H groups in total. The SMILES string of the molecule is O=C(O)OP(=O)(O)F. The van der Waals surface area contributed by atoms with Gasteiger partial charge in [0.15, 0.2) is 0 Å². The third-order valence-corrected chi connectivity index (χ3v) is 0.572. The van der Waals surface area contributed by atoms with Gasteiger partial charge in [-0.15, -0.1) is 4.20 Å². The summed E-state index contributed by atoms with van der Waals surface area (Å²) in [5.41, 5.74) is 0. The Kier molecular flexibility index (Phi) is 1.94. The molecule has 0 aliphatic rings. The molecule has 0 spiro atoms. The van der Waals surface area contributed by atoms with Gasteiger partial charge in [-0.2, -0.15) is 0 Å². The minimum absolute atomic E-state index is 2.11. The standard InChI is InChI=1S/CH2FO5P/c2-8(5,6)7-1(3)4/h(H,3,4)(H,5,6). The smallest absolute Gasteiger partial charge is 0.449 e. The first kappa shape index (κ1) is 7.39. The van der Waals surface area contributed by atoms with E-state index in [1.807, 2.05) is 0 Å². The zero-order valence-electron chi connectivity index (χ0n) is 3.44. The zero-order valence-corrected chi connectivity index (χ0v) is 4.34. The molecule has 0 fully saturated rings. The van der Waals surface area contributed by atoms with Crippen molar-refractivity contribution in [3.05, 3.63) is 0 Å². The average Bonchev–Trinajstić information content (AvgIpc) is 1.21. The van der Waals surface area contributed by atoms with Crippen LogP contribution in [0.15, 0.2) is 0 Å². The Morgan fingerprint density at radius 1 is 1.75 bits per heavy atom. The third-order valence-electron chi connectivity index (χ3n) is 0.191. The molecule has 48 valence electrons. The second-order valence-electron chi connectivity index (χ2n) is 0.809. The lowest BCUT2D eigenvalue weighted by molar-refractivity contribution is 0.132. The van der Waals surface area contributed by atoms with Crippen LogP contribution in [0, 0.1) is 0 Å². The van der Waals surface area contributed by atoms with Crippen LogP contribution in [0.4, 0.5) is 8.99 Å². The van der Waals surface area contributed by atoms with Crippen LogP contribution in [-0.2, 0) is 9.09 Å². The van der Waals surface area contributed by atoms with Gasteiger partial charge in [0, 0.05) is 0 Å². The summed E-state index contributed by atoms with van der Waals surface area (Å²) in [4.78, 5) is 16.7. The van der Waals surface area contributed by atoms with Gasteiger partial charge in [-0.25, -0.2) is 9.36 Å². The minimum Gasteiger partial charge on any atom is -0.449 e. The van der Waals surface area contributed by atoms with Crippen molar-refractivity contribution < 1.29 is 28.1 Å². The molecular weight excluding hydrogens is 142 g/mol. The molecule has 1 unspecified atom stereocenters. The molecule has 1 atom stereocenters. The largest absolute Gasteiger partial charge is 0.571 e. The van der Waals surface area contributed by atoms with E-state index in [2.05, 4.69) is 4.52 Å². The second kappa shape index (κ2) is 2.11. The molecule has 0 aliphatic heterocycles. The van der Waals surface area contributed by atoms with Crippen molar-refractivity contribution >= 4 is 14.1 Å². The molecule has 8 heavy (non-hydrogen) atoms. The van der Waals surface area contributed by atoms with Crippen LogP contribution in [0.5, 0.6) is 0 Å². The van der Waals surface area contributed by atoms with Crippen molar-refractivity contribution in [2.45, 2.75) is 0 Å². The molecule has 0 amide bonds. The number of halogens is 1. The van der Waals surface area contributed by atoms with Gasteiger partial charge in [0.2, 0.25) is 0 Å². The molecule has 0 radical (unpaired) electrons. The van der Waals surface area contributed by atoms with Crippen molar-refractivity contribution in [3.63, 3.8) is 0 Å². The van der Waals surface area contributed by atoms with Crippen LogP contribution in [-0.4, -0.2) is 16.2 Å². The molecule has 0 aromatic rings. The number of rotatable bonds is 1. The molecule has 0 aromatic carbocycles. The van der Waals surface area contributed by atoms with Crippen molar-refractivity contribution in [2.75, 3.05) is 0 Å². The maximum Gasteiger partial charge on any atom is 0.571 e. The lowest BCUT2D eigenvalue weighted by Crippen LogP contribution is -1.93. The Balaban J connectivity index is 3.74. The van der Waals surface area contributed by atoms with E-state index in [0.29, 0.717) is 0 Å². The van der Waals surface area contributed by atoms with Gasteiger partial charge < -0.3 is 9.63 Å². The Morgan fingerprint density at radius 3 is 2.12 bits per heavy atom. The molecule has 0 aromatic heterocycles. The van der Waals surface area contributed by atoms with Crippen LogP contribution in [0.1, 0.15) is 0 Å². The maximum atomic E-state index is 11.1. The Morgan fingerprint density at radius 2 is 2.12 bits per heavy atom. The van der Waals surface area contributed by atoms with Crippen molar-refractivity contribution in [1.29, 1.82) is 0 Å². The van der Waals surface area contributed by atoms with Crippen LogP contribution in [0.3, 0.4) is 0 Å².